The summed E-state index contributed by atoms with van der Waals surface area (Å²) < 4.78 is 26.9. The van der Waals surface area contributed by atoms with Crippen molar-refractivity contribution in [1.29, 1.82) is 0 Å². The van der Waals surface area contributed by atoms with Gasteiger partial charge in [0, 0.05) is 27.6 Å². The van der Waals surface area contributed by atoms with Gasteiger partial charge in [-0.05, 0) is 54.8 Å². The molecule has 2 aromatic carbocycles. The van der Waals surface area contributed by atoms with Crippen LogP contribution in [0.3, 0.4) is 0 Å². The van der Waals surface area contributed by atoms with Crippen molar-refractivity contribution < 1.29 is 18.0 Å². The van der Waals surface area contributed by atoms with Gasteiger partial charge < -0.3 is 10.2 Å². The van der Waals surface area contributed by atoms with Crippen LogP contribution in [0.5, 0.6) is 0 Å². The van der Waals surface area contributed by atoms with Gasteiger partial charge in [-0.1, -0.05) is 59.0 Å². The number of anilines is 1. The molecule has 0 saturated carbocycles. The van der Waals surface area contributed by atoms with Crippen molar-refractivity contribution in [2.45, 2.75) is 39.3 Å². The third-order valence-electron chi connectivity index (χ3n) is 5.08. The zero-order valence-corrected chi connectivity index (χ0v) is 23.1. The Morgan fingerprint density at radius 3 is 2.26 bits per heavy atom. The van der Waals surface area contributed by atoms with Crippen molar-refractivity contribution in [2.75, 3.05) is 23.7 Å². The lowest BCUT2D eigenvalue weighted by Crippen LogP contribution is -2.52. The van der Waals surface area contributed by atoms with E-state index in [2.05, 4.69) is 21.2 Å². The van der Waals surface area contributed by atoms with E-state index < -0.39 is 28.5 Å². The van der Waals surface area contributed by atoms with Crippen LogP contribution in [0.1, 0.15) is 32.3 Å². The Labute approximate surface area is 219 Å². The summed E-state index contributed by atoms with van der Waals surface area (Å²) >= 11 is 15.7. The maximum atomic E-state index is 13.6. The Morgan fingerprint density at radius 1 is 1.09 bits per heavy atom. The molecule has 1 N–H and O–H groups in total. The van der Waals surface area contributed by atoms with Gasteiger partial charge >= 0.3 is 0 Å². The maximum Gasteiger partial charge on any atom is 0.244 e. The van der Waals surface area contributed by atoms with Gasteiger partial charge in [0.05, 0.1) is 11.9 Å². The van der Waals surface area contributed by atoms with Gasteiger partial charge in [0.1, 0.15) is 12.6 Å². The largest absolute Gasteiger partial charge is 0.354 e. The molecule has 0 aliphatic rings. The quantitative estimate of drug-likeness (QED) is 0.404. The summed E-state index contributed by atoms with van der Waals surface area (Å²) in [5.41, 5.74) is 0.933. The van der Waals surface area contributed by atoms with Crippen molar-refractivity contribution >= 4 is 66.7 Å². The minimum Gasteiger partial charge on any atom is -0.354 e. The second-order valence-corrected chi connectivity index (χ2v) is 11.4. The molecule has 186 valence electrons. The molecular weight excluding hydrogens is 565 g/mol. The summed E-state index contributed by atoms with van der Waals surface area (Å²) in [6, 6.07) is 10.7. The second-order valence-electron chi connectivity index (χ2n) is 7.72. The van der Waals surface area contributed by atoms with Crippen LogP contribution in [-0.4, -0.2) is 50.5 Å². The first-order valence-electron chi connectivity index (χ1n) is 10.7. The van der Waals surface area contributed by atoms with Gasteiger partial charge in [0.2, 0.25) is 21.8 Å². The molecule has 1 unspecified atom stereocenters. The summed E-state index contributed by atoms with van der Waals surface area (Å²) in [4.78, 5) is 27.8. The van der Waals surface area contributed by atoms with Gasteiger partial charge in [-0.3, -0.25) is 13.9 Å². The molecule has 0 saturated heterocycles. The molecule has 0 aliphatic carbocycles. The molecule has 0 aliphatic heterocycles. The molecule has 1 atom stereocenters. The zero-order chi connectivity index (χ0) is 25.5. The molecule has 0 fully saturated rings. The molecule has 0 bridgehead atoms. The molecule has 2 aromatic rings. The normalized spacial score (nSPS) is 12.2. The number of halogens is 3. The van der Waals surface area contributed by atoms with E-state index in [4.69, 9.17) is 23.2 Å². The highest BCUT2D eigenvalue weighted by atomic mass is 79.9. The zero-order valence-electron chi connectivity index (χ0n) is 19.2. The summed E-state index contributed by atoms with van der Waals surface area (Å²) in [6.07, 6.45) is 2.11. The van der Waals surface area contributed by atoms with Gasteiger partial charge in [-0.25, -0.2) is 8.42 Å². The number of hydrogen-bond acceptors (Lipinski definition) is 4. The predicted octanol–water partition coefficient (Wildman–Crippen LogP) is 4.86. The summed E-state index contributed by atoms with van der Waals surface area (Å²) in [6.45, 7) is 3.74. The number of nitrogens with one attached hydrogen (secondary N) is 1. The molecule has 0 heterocycles. The molecular formula is C23H28BrCl2N3O4S. The number of nitrogens with zero attached hydrogens (tertiary/aromatic N) is 2. The van der Waals surface area contributed by atoms with Gasteiger partial charge in [-0.15, -0.1) is 0 Å². The van der Waals surface area contributed by atoms with E-state index in [0.717, 1.165) is 21.5 Å². The minimum absolute atomic E-state index is 0.0187. The fourth-order valence-corrected chi connectivity index (χ4v) is 4.92. The van der Waals surface area contributed by atoms with Crippen LogP contribution in [0.25, 0.3) is 0 Å². The van der Waals surface area contributed by atoms with Crippen LogP contribution in [0, 0.1) is 0 Å². The van der Waals surface area contributed by atoms with Crippen molar-refractivity contribution in [1.82, 2.24) is 10.2 Å². The molecule has 0 aromatic heterocycles. The van der Waals surface area contributed by atoms with E-state index in [1.54, 1.807) is 49.4 Å². The van der Waals surface area contributed by atoms with Crippen LogP contribution in [0.4, 0.5) is 5.69 Å². The topological polar surface area (TPSA) is 86.8 Å². The lowest BCUT2D eigenvalue weighted by molar-refractivity contribution is -0.140. The highest BCUT2D eigenvalue weighted by molar-refractivity contribution is 9.10. The first kappa shape index (κ1) is 28.4. The Bertz CT molecular complexity index is 1110. The first-order valence-corrected chi connectivity index (χ1v) is 14.1. The Morgan fingerprint density at radius 2 is 1.74 bits per heavy atom. The number of rotatable bonds is 11. The highest BCUT2D eigenvalue weighted by Crippen LogP contribution is 2.25. The standard InChI is InChI=1S/C23H28BrCl2N3O4S/c1-4-12-27-23(31)21(5-2)28(14-16-6-9-18(25)13-20(16)26)22(30)15-29(34(3,32)33)19-10-7-17(24)8-11-19/h6-11,13,21H,4-5,12,14-15H2,1-3H3,(H,27,31). The third kappa shape index (κ3) is 7.86. The smallest absolute Gasteiger partial charge is 0.244 e. The van der Waals surface area contributed by atoms with E-state index in [1.807, 2.05) is 6.92 Å². The molecule has 34 heavy (non-hydrogen) atoms. The summed E-state index contributed by atoms with van der Waals surface area (Å²) in [5.74, 6) is -0.838. The van der Waals surface area contributed by atoms with Crippen molar-refractivity contribution in [3.05, 3.63) is 62.5 Å². The lowest BCUT2D eigenvalue weighted by atomic mass is 10.1. The predicted molar refractivity (Wildman–Crippen MR) is 141 cm³/mol. The van der Waals surface area contributed by atoms with Crippen LogP contribution >= 0.6 is 39.1 Å². The number of carbonyl (C=O) groups excluding carboxylic acids is 2. The van der Waals surface area contributed by atoms with E-state index >= 15 is 0 Å². The Balaban J connectivity index is 2.44. The van der Waals surface area contributed by atoms with Crippen molar-refractivity contribution in [2.24, 2.45) is 0 Å². The van der Waals surface area contributed by atoms with Crippen LogP contribution in [0.2, 0.25) is 10.0 Å². The Kier molecular flexibility index (Phi) is 10.7. The van der Waals surface area contributed by atoms with Crippen molar-refractivity contribution in [3.63, 3.8) is 0 Å². The summed E-state index contributed by atoms with van der Waals surface area (Å²) in [7, 11) is -3.79. The SMILES string of the molecule is CCCNC(=O)C(CC)N(Cc1ccc(Cl)cc1Cl)C(=O)CN(c1ccc(Br)cc1)S(C)(=O)=O. The number of benzene rings is 2. The monoisotopic (exact) mass is 591 g/mol. The van der Waals surface area contributed by atoms with Crippen LogP contribution in [0.15, 0.2) is 46.9 Å². The number of hydrogen-bond donors (Lipinski definition) is 1. The van der Waals surface area contributed by atoms with E-state index in [1.165, 1.54) is 4.90 Å². The molecule has 0 spiro atoms. The third-order valence-corrected chi connectivity index (χ3v) is 7.34. The molecule has 7 nitrogen and oxygen atoms in total. The molecule has 2 rings (SSSR count). The number of sulfonamides is 1. The fraction of sp³-hybridized carbons (Fsp3) is 0.391. The second kappa shape index (κ2) is 12.8. The van der Waals surface area contributed by atoms with Crippen molar-refractivity contribution in [3.8, 4) is 0 Å². The molecule has 0 radical (unpaired) electrons. The average Bonchev–Trinajstić information content (AvgIpc) is 2.77. The van der Waals surface area contributed by atoms with Crippen LogP contribution < -0.4 is 9.62 Å². The fourth-order valence-electron chi connectivity index (χ4n) is 3.34. The van der Waals surface area contributed by atoms with Gasteiger partial charge in [-0.2, -0.15) is 0 Å². The number of carbonyl (C=O) groups is 2. The lowest BCUT2D eigenvalue weighted by Gasteiger charge is -2.33. The minimum atomic E-state index is -3.79. The molecule has 2 amide bonds. The van der Waals surface area contributed by atoms with Crippen LogP contribution in [-0.2, 0) is 26.2 Å². The highest BCUT2D eigenvalue weighted by Gasteiger charge is 2.32. The van der Waals surface area contributed by atoms with E-state index in [9.17, 15) is 18.0 Å². The van der Waals surface area contributed by atoms with Gasteiger partial charge in [0.25, 0.3) is 0 Å². The first-order chi connectivity index (χ1) is 16.0. The molecule has 11 heteroatoms. The van der Waals surface area contributed by atoms with Gasteiger partial charge in [0.15, 0.2) is 0 Å². The van der Waals surface area contributed by atoms with E-state index in [-0.39, 0.29) is 12.5 Å². The average molecular weight is 593 g/mol. The summed E-state index contributed by atoms with van der Waals surface area (Å²) in [5, 5.41) is 3.62. The number of amides is 2. The Hall–Kier alpha value is -1.81. The van der Waals surface area contributed by atoms with E-state index in [0.29, 0.717) is 34.3 Å². The maximum absolute atomic E-state index is 13.6.